The van der Waals surface area contributed by atoms with Crippen molar-refractivity contribution in [1.82, 2.24) is 0 Å². The second-order valence-electron chi connectivity index (χ2n) is 6.49. The van der Waals surface area contributed by atoms with Crippen LogP contribution in [-0.2, 0) is 0 Å². The fourth-order valence-electron chi connectivity index (χ4n) is 3.23. The van der Waals surface area contributed by atoms with Gasteiger partial charge in [0.05, 0.1) is 11.3 Å². The fraction of sp³-hybridized carbons (Fsp3) is 0.100. The maximum atomic E-state index is 16.0. The first-order chi connectivity index (χ1) is 12.0. The van der Waals surface area contributed by atoms with Crippen molar-refractivity contribution in [2.75, 3.05) is 0 Å². The van der Waals surface area contributed by atoms with Crippen molar-refractivity contribution < 1.29 is 18.2 Å². The van der Waals surface area contributed by atoms with Gasteiger partial charge in [-0.25, -0.2) is 0 Å². The predicted molar refractivity (Wildman–Crippen MR) is 95.2 cm³/mol. The monoisotopic (exact) mass is 333 g/mol. The van der Waals surface area contributed by atoms with E-state index in [0.717, 1.165) is 16.7 Å². The van der Waals surface area contributed by atoms with E-state index in [4.69, 9.17) is 4.65 Å². The van der Waals surface area contributed by atoms with Crippen LogP contribution >= 0.6 is 0 Å². The van der Waals surface area contributed by atoms with E-state index in [1.165, 1.54) is 4.48 Å². The molecule has 0 unspecified atom stereocenters. The van der Waals surface area contributed by atoms with Crippen molar-refractivity contribution in [2.45, 2.75) is 13.8 Å². The summed E-state index contributed by atoms with van der Waals surface area (Å²) in [6.07, 6.45) is 1.59. The van der Waals surface area contributed by atoms with Gasteiger partial charge in [-0.3, -0.25) is 0 Å². The molecule has 1 aliphatic heterocycles. The second kappa shape index (κ2) is 5.55. The van der Waals surface area contributed by atoms with Crippen LogP contribution in [0.25, 0.3) is 11.3 Å². The van der Waals surface area contributed by atoms with Gasteiger partial charge in [-0.1, -0.05) is 42.0 Å². The van der Waals surface area contributed by atoms with Gasteiger partial charge in [0.2, 0.25) is 0 Å². The summed E-state index contributed by atoms with van der Waals surface area (Å²) in [5.41, 5.74) is 3.05. The summed E-state index contributed by atoms with van der Waals surface area (Å²) in [5, 5.41) is 0. The molecule has 0 fully saturated rings. The van der Waals surface area contributed by atoms with E-state index >= 15 is 4.32 Å². The molecule has 3 nitrogen and oxygen atoms in total. The molecule has 1 aromatic heterocycles. The lowest BCUT2D eigenvalue weighted by molar-refractivity contribution is -0.554. The van der Waals surface area contributed by atoms with Gasteiger partial charge in [0, 0.05) is 12.1 Å². The molecule has 124 valence electrons. The number of para-hydroxylation sites is 1. The minimum absolute atomic E-state index is 0.298. The summed E-state index contributed by atoms with van der Waals surface area (Å²) in [4.78, 5) is 13.0. The molecule has 0 bridgehead atoms. The first-order valence-corrected chi connectivity index (χ1v) is 8.24. The Hall–Kier alpha value is -2.95. The molecule has 0 spiro atoms. The van der Waals surface area contributed by atoms with E-state index in [2.05, 4.69) is 0 Å². The van der Waals surface area contributed by atoms with Gasteiger partial charge in [0.25, 0.3) is 0 Å². The zero-order valence-electron chi connectivity index (χ0n) is 14.1. The summed E-state index contributed by atoms with van der Waals surface area (Å²) in [7, 11) is 0. The van der Waals surface area contributed by atoms with E-state index in [-0.39, 0.29) is 0 Å². The van der Waals surface area contributed by atoms with Crippen molar-refractivity contribution >= 4 is 12.4 Å². The van der Waals surface area contributed by atoms with Gasteiger partial charge in [0.1, 0.15) is 6.20 Å². The molecule has 5 heteroatoms. The average Bonchev–Trinajstić information content (AvgIpc) is 2.62. The second-order valence-corrected chi connectivity index (χ2v) is 6.49. The number of nitrogens with zero attached hydrogens (tertiary/aromatic N) is 1. The van der Waals surface area contributed by atoms with E-state index in [1.807, 2.05) is 32.0 Å². The van der Waals surface area contributed by atoms with Crippen molar-refractivity contribution in [1.29, 1.82) is 0 Å². The third-order valence-corrected chi connectivity index (χ3v) is 4.60. The number of carbonyl (C=O) groups is 1. The Morgan fingerprint density at radius 2 is 1.72 bits per heavy atom. The number of rotatable bonds is 2. The molecule has 0 amide bonds. The first kappa shape index (κ1) is 15.6. The molecule has 3 aromatic rings. The van der Waals surface area contributed by atoms with E-state index in [0.29, 0.717) is 17.0 Å². The maximum absolute atomic E-state index is 16.0. The highest BCUT2D eigenvalue weighted by molar-refractivity contribution is 6.93. The highest BCUT2D eigenvalue weighted by atomic mass is 19.1. The molecule has 1 atom stereocenters. The van der Waals surface area contributed by atoms with Crippen LogP contribution in [0.1, 0.15) is 21.5 Å². The summed E-state index contributed by atoms with van der Waals surface area (Å²) < 4.78 is 23.0. The topological polar surface area (TPSA) is 30.2 Å². The van der Waals surface area contributed by atoms with Gasteiger partial charge in [0.15, 0.2) is 11.4 Å². The number of benzene rings is 2. The van der Waals surface area contributed by atoms with Gasteiger partial charge in [-0.15, -0.1) is 0 Å². The van der Waals surface area contributed by atoms with Crippen LogP contribution in [0, 0.1) is 13.8 Å². The van der Waals surface area contributed by atoms with Crippen molar-refractivity contribution in [3.63, 3.8) is 0 Å². The van der Waals surface area contributed by atoms with E-state index in [9.17, 15) is 4.79 Å². The Labute approximate surface area is 145 Å². The largest absolute Gasteiger partial charge is 0.704 e. The van der Waals surface area contributed by atoms with Gasteiger partial charge in [-0.05, 0) is 37.1 Å². The highest BCUT2D eigenvalue weighted by Gasteiger charge is 2.55. The Kier molecular flexibility index (Phi) is 3.46. The fourth-order valence-corrected chi connectivity index (χ4v) is 3.23. The molecular formula is C20H17BFNO2. The molecule has 0 radical (unpaired) electrons. The van der Waals surface area contributed by atoms with Crippen molar-refractivity contribution in [3.05, 3.63) is 83.6 Å². The van der Waals surface area contributed by atoms with Crippen molar-refractivity contribution in [3.8, 4) is 17.0 Å². The van der Waals surface area contributed by atoms with Crippen LogP contribution in [0.2, 0.25) is 0 Å². The Morgan fingerprint density at radius 1 is 1.00 bits per heavy atom. The molecule has 0 aliphatic carbocycles. The van der Waals surface area contributed by atoms with Crippen LogP contribution in [0.5, 0.6) is 5.75 Å². The van der Waals surface area contributed by atoms with E-state index in [1.54, 1.807) is 48.7 Å². The van der Waals surface area contributed by atoms with Crippen LogP contribution in [-0.4, -0.2) is 12.4 Å². The first-order valence-electron chi connectivity index (χ1n) is 8.24. The Morgan fingerprint density at radius 3 is 2.48 bits per heavy atom. The SMILES string of the molecule is Cc1ccc(C(=O)[B@@-]2(F)Oc3ccccc3-c3cc(C)cc[n+]32)cc1. The molecule has 2 heterocycles. The van der Waals surface area contributed by atoms with Crippen LogP contribution in [0.15, 0.2) is 66.9 Å². The number of hydrogen-bond donors (Lipinski definition) is 0. The molecule has 2 aromatic carbocycles. The number of pyridine rings is 1. The molecule has 25 heavy (non-hydrogen) atoms. The van der Waals surface area contributed by atoms with Crippen LogP contribution in [0.4, 0.5) is 4.32 Å². The minimum atomic E-state index is -3.43. The smallest absolute Gasteiger partial charge is 0.624 e. The van der Waals surface area contributed by atoms with Gasteiger partial charge < -0.3 is 18.2 Å². The standard InChI is InChI=1S/C20H17BFNO2/c1-14-7-9-16(10-8-14)20(24)21(22)23-12-11-15(2)13-18(23)17-5-3-4-6-19(17)25-21/h3-13H,1-2H3/t21-/m0/s1. The Bertz CT molecular complexity index is 987. The lowest BCUT2D eigenvalue weighted by Gasteiger charge is -2.34. The maximum Gasteiger partial charge on any atom is 0.704 e. The average molecular weight is 333 g/mol. The molecule has 1 aliphatic rings. The lowest BCUT2D eigenvalue weighted by Crippen LogP contribution is -2.73. The summed E-state index contributed by atoms with van der Waals surface area (Å²) >= 11 is 0. The quantitative estimate of drug-likeness (QED) is 0.667. The number of hydrogen-bond acceptors (Lipinski definition) is 2. The molecule has 4 rings (SSSR count). The van der Waals surface area contributed by atoms with Gasteiger partial charge >= 0.3 is 6.76 Å². The molecular weight excluding hydrogens is 316 g/mol. The highest BCUT2D eigenvalue weighted by Crippen LogP contribution is 2.35. The minimum Gasteiger partial charge on any atom is -0.624 e. The lowest BCUT2D eigenvalue weighted by atomic mass is 9.65. The number of carbonyl (C=O) groups excluding carboxylic acids is 1. The summed E-state index contributed by atoms with van der Waals surface area (Å²) in [5.74, 6) is 0.385. The summed E-state index contributed by atoms with van der Waals surface area (Å²) in [6.45, 7) is 0.433. The number of halogens is 1. The zero-order chi connectivity index (χ0) is 17.6. The number of aryl methyl sites for hydroxylation is 2. The molecule has 0 saturated heterocycles. The third kappa shape index (κ3) is 2.43. The third-order valence-electron chi connectivity index (χ3n) is 4.60. The summed E-state index contributed by atoms with van der Waals surface area (Å²) in [6, 6.07) is 17.7. The van der Waals surface area contributed by atoms with Gasteiger partial charge in [-0.2, -0.15) is 0 Å². The normalized spacial score (nSPS) is 18.0. The predicted octanol–water partition coefficient (Wildman–Crippen LogP) is 3.83. The number of fused-ring (bicyclic) bond motifs is 3. The zero-order valence-corrected chi connectivity index (χ0v) is 14.1. The Balaban J connectivity index is 1.91. The van der Waals surface area contributed by atoms with Crippen LogP contribution in [0.3, 0.4) is 0 Å². The molecule has 0 saturated carbocycles. The van der Waals surface area contributed by atoms with E-state index < -0.39 is 12.4 Å². The van der Waals surface area contributed by atoms with Crippen molar-refractivity contribution in [2.24, 2.45) is 0 Å². The van der Waals surface area contributed by atoms with Crippen LogP contribution < -0.4 is 9.13 Å². The molecule has 0 N–H and O–H groups in total. The number of aromatic nitrogens is 1.